The maximum atomic E-state index is 11.5. The van der Waals surface area contributed by atoms with Crippen molar-refractivity contribution in [3.05, 3.63) is 42.7 Å². The van der Waals surface area contributed by atoms with E-state index in [-0.39, 0.29) is 4.90 Å². The van der Waals surface area contributed by atoms with E-state index in [1.54, 1.807) is 25.6 Å². The van der Waals surface area contributed by atoms with Gasteiger partial charge in [0.05, 0.1) is 22.9 Å². The summed E-state index contributed by atoms with van der Waals surface area (Å²) in [7, 11) is 0.0662. The number of methoxy groups -OCH3 is 1. The van der Waals surface area contributed by atoms with Gasteiger partial charge in [-0.2, -0.15) is 0 Å². The van der Waals surface area contributed by atoms with Gasteiger partial charge in [-0.3, -0.25) is 4.90 Å². The molecule has 13 nitrogen and oxygen atoms in total. The van der Waals surface area contributed by atoms with Crippen molar-refractivity contribution >= 4 is 60.8 Å². The van der Waals surface area contributed by atoms with Crippen LogP contribution in [0.3, 0.4) is 0 Å². The number of hydrogen-bond donors (Lipinski definition) is 3. The zero-order valence-corrected chi connectivity index (χ0v) is 26.5. The minimum Gasteiger partial charge on any atom is -0.493 e. The number of ether oxygens (including phenoxy) is 2. The van der Waals surface area contributed by atoms with E-state index in [1.807, 2.05) is 12.1 Å². The second-order valence-corrected chi connectivity index (χ2v) is 13.0. The molecule has 234 valence electrons. The monoisotopic (exact) mass is 639 g/mol. The number of rotatable bonds is 8. The Morgan fingerprint density at radius 1 is 1.02 bits per heavy atom. The number of benzene rings is 2. The van der Waals surface area contributed by atoms with Crippen LogP contribution >= 0.6 is 12.2 Å². The molecule has 2 aromatic heterocycles. The molecule has 4 aromatic rings. The Balaban J connectivity index is 1.14. The largest absolute Gasteiger partial charge is 0.493 e. The molecule has 0 atom stereocenters. The van der Waals surface area contributed by atoms with Gasteiger partial charge in [-0.25, -0.2) is 23.5 Å². The molecule has 0 saturated carbocycles. The number of nitrogens with two attached hydrogens (primary N) is 1. The van der Waals surface area contributed by atoms with E-state index in [2.05, 4.69) is 41.9 Å². The number of fused-ring (bicyclic) bond motifs is 3. The summed E-state index contributed by atoms with van der Waals surface area (Å²) in [5.41, 5.74) is 2.36. The minimum atomic E-state index is -3.75. The van der Waals surface area contributed by atoms with E-state index in [1.165, 1.54) is 12.1 Å². The molecule has 2 saturated heterocycles. The molecule has 6 rings (SSSR count). The van der Waals surface area contributed by atoms with Gasteiger partial charge >= 0.3 is 0 Å². The average Bonchev–Trinajstić information content (AvgIpc) is 3.39. The van der Waals surface area contributed by atoms with E-state index in [0.717, 1.165) is 60.5 Å². The lowest BCUT2D eigenvalue weighted by molar-refractivity contribution is 0.133. The topological polar surface area (TPSA) is 145 Å². The fraction of sp³-hybridized carbons (Fsp3) is 0.414. The van der Waals surface area contributed by atoms with Crippen LogP contribution in [0.4, 0.5) is 11.5 Å². The number of sulfonamides is 1. The average molecular weight is 640 g/mol. The van der Waals surface area contributed by atoms with E-state index in [9.17, 15) is 8.42 Å². The molecule has 0 unspecified atom stereocenters. The third-order valence-corrected chi connectivity index (χ3v) is 9.50. The third kappa shape index (κ3) is 6.51. The molecule has 2 fully saturated rings. The van der Waals surface area contributed by atoms with Gasteiger partial charge in [0.25, 0.3) is 0 Å². The number of aromatic amines is 1. The lowest BCUT2D eigenvalue weighted by Crippen LogP contribution is -2.50. The lowest BCUT2D eigenvalue weighted by atomic mass is 10.1. The van der Waals surface area contributed by atoms with Crippen LogP contribution in [0.2, 0.25) is 0 Å². The normalized spacial score (nSPS) is 16.9. The molecule has 2 aromatic carbocycles. The van der Waals surface area contributed by atoms with Crippen LogP contribution in [-0.2, 0) is 10.0 Å². The molecule has 0 radical (unpaired) electrons. The van der Waals surface area contributed by atoms with Gasteiger partial charge in [-0.05, 0) is 49.6 Å². The first-order valence-electron chi connectivity index (χ1n) is 14.5. The van der Waals surface area contributed by atoms with E-state index in [0.29, 0.717) is 55.1 Å². The van der Waals surface area contributed by atoms with E-state index >= 15 is 0 Å². The summed E-state index contributed by atoms with van der Waals surface area (Å²) < 4.78 is 35.0. The fourth-order valence-corrected chi connectivity index (χ4v) is 6.45. The van der Waals surface area contributed by atoms with Crippen molar-refractivity contribution in [2.75, 3.05) is 89.9 Å². The van der Waals surface area contributed by atoms with Gasteiger partial charge in [0, 0.05) is 76.0 Å². The number of anilines is 2. The lowest BCUT2D eigenvalue weighted by Gasteiger charge is -2.37. The van der Waals surface area contributed by atoms with Crippen LogP contribution < -0.4 is 24.8 Å². The Morgan fingerprint density at radius 3 is 2.43 bits per heavy atom. The molecule has 0 aliphatic carbocycles. The quantitative estimate of drug-likeness (QED) is 0.242. The van der Waals surface area contributed by atoms with Crippen molar-refractivity contribution in [2.45, 2.75) is 4.90 Å². The molecule has 0 amide bonds. The second kappa shape index (κ2) is 12.7. The van der Waals surface area contributed by atoms with E-state index in [4.69, 9.17) is 31.8 Å². The Morgan fingerprint density at radius 2 is 1.75 bits per heavy atom. The molecule has 15 heteroatoms. The second-order valence-electron chi connectivity index (χ2n) is 11.1. The number of H-pyrrole nitrogens is 1. The number of primary sulfonamides is 1. The van der Waals surface area contributed by atoms with Crippen LogP contribution in [-0.4, -0.2) is 123 Å². The highest BCUT2D eigenvalue weighted by atomic mass is 32.2. The Hall–Kier alpha value is -3.76. The summed E-state index contributed by atoms with van der Waals surface area (Å²) in [6.45, 7) is 8.48. The van der Waals surface area contributed by atoms with Crippen LogP contribution in [0.1, 0.15) is 0 Å². The van der Waals surface area contributed by atoms with Crippen LogP contribution in [0.5, 0.6) is 11.5 Å². The number of nitrogens with one attached hydrogen (secondary N) is 2. The van der Waals surface area contributed by atoms with Crippen molar-refractivity contribution in [3.63, 3.8) is 0 Å². The van der Waals surface area contributed by atoms with Crippen LogP contribution in [0.15, 0.2) is 47.6 Å². The summed E-state index contributed by atoms with van der Waals surface area (Å²) >= 11 is 5.65. The van der Waals surface area contributed by atoms with Crippen LogP contribution in [0, 0.1) is 0 Å². The molecular weight excluding hydrogens is 603 g/mol. The highest BCUT2D eigenvalue weighted by molar-refractivity contribution is 7.89. The maximum Gasteiger partial charge on any atom is 0.238 e. The highest BCUT2D eigenvalue weighted by Gasteiger charge is 2.24. The zero-order chi connectivity index (χ0) is 30.8. The molecule has 0 bridgehead atoms. The van der Waals surface area contributed by atoms with Gasteiger partial charge < -0.3 is 34.5 Å². The summed E-state index contributed by atoms with van der Waals surface area (Å²) in [6, 6.07) is 10.2. The molecular formula is C29H37N9O4S2. The number of hydrogen-bond acceptors (Lipinski definition) is 10. The first-order chi connectivity index (χ1) is 21.2. The number of piperazine rings is 2. The smallest absolute Gasteiger partial charge is 0.238 e. The minimum absolute atomic E-state index is 0.0543. The number of thiocarbonyl (C=S) groups is 1. The molecule has 0 spiro atoms. The predicted octanol–water partition coefficient (Wildman–Crippen LogP) is 1.91. The van der Waals surface area contributed by atoms with Gasteiger partial charge in [0.1, 0.15) is 24.4 Å². The molecule has 2 aliphatic heterocycles. The van der Waals surface area contributed by atoms with Crippen molar-refractivity contribution < 1.29 is 17.9 Å². The van der Waals surface area contributed by atoms with Crippen LogP contribution in [0.25, 0.3) is 21.9 Å². The standard InChI is InChI=1S/C29H37N9O4S2/c1-35-7-9-36(10-8-35)15-16-42-25-18-23-22(17-24(25)41-2)26-27(34-23)31-19-32-28(26)37-11-13-38(14-12-37)29(43)33-20-3-5-21(6-4-20)44(30,39)40/h3-6,17-19H,7-16H2,1-2H3,(H,33,43)(H2,30,39,40)(H,31,32,34). The van der Waals surface area contributed by atoms with Gasteiger partial charge in [-0.1, -0.05) is 0 Å². The summed E-state index contributed by atoms with van der Waals surface area (Å²) in [6.07, 6.45) is 1.58. The maximum absolute atomic E-state index is 11.5. The number of aromatic nitrogens is 3. The van der Waals surface area contributed by atoms with Gasteiger partial charge in [-0.15, -0.1) is 0 Å². The van der Waals surface area contributed by atoms with Gasteiger partial charge in [0.15, 0.2) is 16.6 Å². The van der Waals surface area contributed by atoms with E-state index < -0.39 is 10.0 Å². The van der Waals surface area contributed by atoms with Crippen molar-refractivity contribution in [2.24, 2.45) is 5.14 Å². The summed E-state index contributed by atoms with van der Waals surface area (Å²) in [4.78, 5) is 21.8. The highest BCUT2D eigenvalue weighted by Crippen LogP contribution is 2.38. The Kier molecular flexibility index (Phi) is 8.73. The summed E-state index contributed by atoms with van der Waals surface area (Å²) in [5.74, 6) is 2.22. The number of likely N-dealkylation sites (N-methyl/N-ethyl adjacent to an activating group) is 1. The predicted molar refractivity (Wildman–Crippen MR) is 175 cm³/mol. The Bertz CT molecular complexity index is 1750. The number of nitrogens with zero attached hydrogens (tertiary/aromatic N) is 6. The molecule has 4 heterocycles. The fourth-order valence-electron chi connectivity index (χ4n) is 5.64. The summed E-state index contributed by atoms with van der Waals surface area (Å²) in [5, 5.41) is 10.9. The SMILES string of the molecule is COc1cc2c(cc1OCCN1CCN(C)CC1)[nH]c1ncnc(N3CCN(C(=S)Nc4ccc(S(N)(=O)=O)cc4)CC3)c12. The first kappa shape index (κ1) is 30.3. The molecule has 2 aliphatic rings. The van der Waals surface area contributed by atoms with Crippen molar-refractivity contribution in [3.8, 4) is 11.5 Å². The zero-order valence-electron chi connectivity index (χ0n) is 24.8. The Labute approximate surface area is 262 Å². The van der Waals surface area contributed by atoms with Crippen molar-refractivity contribution in [1.82, 2.24) is 29.7 Å². The first-order valence-corrected chi connectivity index (χ1v) is 16.5. The van der Waals surface area contributed by atoms with Gasteiger partial charge in [0.2, 0.25) is 10.0 Å². The van der Waals surface area contributed by atoms with Crippen molar-refractivity contribution in [1.29, 1.82) is 0 Å². The molecule has 44 heavy (non-hydrogen) atoms. The third-order valence-electron chi connectivity index (χ3n) is 8.21. The molecule has 4 N–H and O–H groups in total.